The van der Waals surface area contributed by atoms with E-state index in [1.54, 1.807) is 0 Å². The van der Waals surface area contributed by atoms with Crippen molar-refractivity contribution in [1.82, 2.24) is 4.98 Å². The first-order chi connectivity index (χ1) is 7.43. The Morgan fingerprint density at radius 3 is 2.56 bits per heavy atom. The van der Waals surface area contributed by atoms with Crippen LogP contribution in [0.2, 0.25) is 5.02 Å². The van der Waals surface area contributed by atoms with E-state index >= 15 is 0 Å². The number of aromatic nitrogens is 1. The van der Waals surface area contributed by atoms with Gasteiger partial charge in [0.2, 0.25) is 0 Å². The molecule has 86 valence electrons. The van der Waals surface area contributed by atoms with E-state index < -0.39 is 11.7 Å². The number of nitrogens with two attached hydrogens (primary N) is 1. The van der Waals surface area contributed by atoms with Crippen molar-refractivity contribution in [1.29, 1.82) is 0 Å². The van der Waals surface area contributed by atoms with Crippen LogP contribution in [0.3, 0.4) is 0 Å². The normalized spacial score (nSPS) is 12.3. The Bertz CT molecular complexity index is 531. The van der Waals surface area contributed by atoms with Gasteiger partial charge in [-0.25, -0.2) is 0 Å². The molecule has 1 aromatic heterocycles. The van der Waals surface area contributed by atoms with Gasteiger partial charge in [-0.3, -0.25) is 0 Å². The number of alkyl halides is 3. The van der Waals surface area contributed by atoms with Crippen LogP contribution < -0.4 is 5.73 Å². The Morgan fingerprint density at radius 2 is 2.00 bits per heavy atom. The second-order valence-corrected chi connectivity index (χ2v) is 3.81. The average molecular weight is 249 g/mol. The van der Waals surface area contributed by atoms with Crippen molar-refractivity contribution in [2.45, 2.75) is 12.7 Å². The van der Waals surface area contributed by atoms with Crippen molar-refractivity contribution >= 4 is 22.5 Å². The molecule has 0 saturated carbocycles. The van der Waals surface area contributed by atoms with Gasteiger partial charge >= 0.3 is 6.18 Å². The molecule has 0 radical (unpaired) electrons. The Morgan fingerprint density at radius 1 is 1.31 bits per heavy atom. The first kappa shape index (κ1) is 11.3. The molecule has 0 atom stereocenters. The third-order valence-electron chi connectivity index (χ3n) is 2.33. The number of rotatable bonds is 1. The summed E-state index contributed by atoms with van der Waals surface area (Å²) < 4.78 is 38.4. The quantitative estimate of drug-likeness (QED) is 0.799. The fourth-order valence-corrected chi connectivity index (χ4v) is 1.87. The molecule has 0 fully saturated rings. The monoisotopic (exact) mass is 248 g/mol. The molecule has 6 heteroatoms. The van der Waals surface area contributed by atoms with Crippen LogP contribution in [-0.4, -0.2) is 4.98 Å². The molecule has 2 rings (SSSR count). The van der Waals surface area contributed by atoms with Crippen molar-refractivity contribution in [3.63, 3.8) is 0 Å². The van der Waals surface area contributed by atoms with Gasteiger partial charge in [-0.2, -0.15) is 13.2 Å². The number of hydrogen-bond acceptors (Lipinski definition) is 1. The van der Waals surface area contributed by atoms with E-state index in [4.69, 9.17) is 17.3 Å². The number of H-pyrrole nitrogens is 1. The molecule has 0 bridgehead atoms. The first-order valence-corrected chi connectivity index (χ1v) is 4.88. The Kier molecular flexibility index (Phi) is 2.59. The summed E-state index contributed by atoms with van der Waals surface area (Å²) in [6, 6.07) is 4.32. The summed E-state index contributed by atoms with van der Waals surface area (Å²) in [6.45, 7) is -0.193. The largest absolute Gasteiger partial charge is 0.418 e. The van der Waals surface area contributed by atoms with Crippen molar-refractivity contribution < 1.29 is 13.2 Å². The number of hydrogen-bond donors (Lipinski definition) is 2. The van der Waals surface area contributed by atoms with Crippen LogP contribution in [0, 0.1) is 0 Å². The van der Waals surface area contributed by atoms with E-state index in [1.807, 2.05) is 0 Å². The van der Waals surface area contributed by atoms with Gasteiger partial charge in [0.05, 0.1) is 5.56 Å². The molecule has 16 heavy (non-hydrogen) atoms. The molecule has 1 aromatic carbocycles. The zero-order valence-corrected chi connectivity index (χ0v) is 8.78. The zero-order chi connectivity index (χ0) is 11.9. The van der Waals surface area contributed by atoms with Crippen LogP contribution in [0.1, 0.15) is 11.3 Å². The van der Waals surface area contributed by atoms with Gasteiger partial charge in [0.1, 0.15) is 0 Å². The minimum Gasteiger partial charge on any atom is -0.357 e. The molecule has 2 aromatic rings. The first-order valence-electron chi connectivity index (χ1n) is 4.51. The van der Waals surface area contributed by atoms with Crippen LogP contribution in [0.15, 0.2) is 18.2 Å². The van der Waals surface area contributed by atoms with E-state index in [2.05, 4.69) is 4.98 Å². The predicted octanol–water partition coefficient (Wildman–Crippen LogP) is 3.30. The topological polar surface area (TPSA) is 41.8 Å². The molecule has 0 aliphatic heterocycles. The lowest BCUT2D eigenvalue weighted by atomic mass is 10.1. The van der Waals surface area contributed by atoms with E-state index in [-0.39, 0.29) is 22.6 Å². The summed E-state index contributed by atoms with van der Waals surface area (Å²) in [7, 11) is 0. The third kappa shape index (κ3) is 1.76. The average Bonchev–Trinajstić information content (AvgIpc) is 2.54. The highest BCUT2D eigenvalue weighted by Gasteiger charge is 2.36. The Hall–Kier alpha value is -1.20. The van der Waals surface area contributed by atoms with Crippen molar-refractivity contribution in [3.8, 4) is 0 Å². The summed E-state index contributed by atoms with van der Waals surface area (Å²) in [4.78, 5) is 2.64. The molecule has 2 nitrogen and oxygen atoms in total. The molecule has 0 amide bonds. The van der Waals surface area contributed by atoms with Gasteiger partial charge in [0.15, 0.2) is 0 Å². The van der Waals surface area contributed by atoms with Crippen molar-refractivity contribution in [3.05, 3.63) is 34.5 Å². The van der Waals surface area contributed by atoms with Gasteiger partial charge in [-0.15, -0.1) is 0 Å². The number of halogens is 4. The van der Waals surface area contributed by atoms with Gasteiger partial charge in [0.25, 0.3) is 0 Å². The summed E-state index contributed by atoms with van der Waals surface area (Å²) in [6.07, 6.45) is -4.43. The molecular formula is C10H8ClF3N2. The molecule has 3 N–H and O–H groups in total. The highest BCUT2D eigenvalue weighted by Crippen LogP contribution is 2.38. The summed E-state index contributed by atoms with van der Waals surface area (Å²) >= 11 is 5.68. The Labute approximate surface area is 94.2 Å². The van der Waals surface area contributed by atoms with Crippen LogP contribution in [-0.2, 0) is 12.7 Å². The van der Waals surface area contributed by atoms with Gasteiger partial charge in [0, 0.05) is 28.2 Å². The SMILES string of the molecule is NCc1[nH]c2ccc(Cl)cc2c1C(F)(F)F. The lowest BCUT2D eigenvalue weighted by Crippen LogP contribution is -2.10. The summed E-state index contributed by atoms with van der Waals surface area (Å²) in [5.41, 5.74) is 4.92. The minimum absolute atomic E-state index is 0.0234. The molecular weight excluding hydrogens is 241 g/mol. The molecule has 0 saturated heterocycles. The highest BCUT2D eigenvalue weighted by molar-refractivity contribution is 6.31. The lowest BCUT2D eigenvalue weighted by molar-refractivity contribution is -0.136. The minimum atomic E-state index is -4.43. The maximum atomic E-state index is 12.8. The maximum Gasteiger partial charge on any atom is 0.418 e. The van der Waals surface area contributed by atoms with E-state index in [9.17, 15) is 13.2 Å². The second-order valence-electron chi connectivity index (χ2n) is 3.37. The fourth-order valence-electron chi connectivity index (χ4n) is 1.70. The smallest absolute Gasteiger partial charge is 0.357 e. The fraction of sp³-hybridized carbons (Fsp3) is 0.200. The van der Waals surface area contributed by atoms with Crippen molar-refractivity contribution in [2.75, 3.05) is 0 Å². The Balaban J connectivity index is 2.81. The van der Waals surface area contributed by atoms with Crippen LogP contribution >= 0.6 is 11.6 Å². The number of nitrogens with one attached hydrogen (secondary N) is 1. The van der Waals surface area contributed by atoms with Gasteiger partial charge in [-0.05, 0) is 18.2 Å². The molecule has 0 aliphatic rings. The number of fused-ring (bicyclic) bond motifs is 1. The highest BCUT2D eigenvalue weighted by atomic mass is 35.5. The molecule has 0 spiro atoms. The zero-order valence-electron chi connectivity index (χ0n) is 8.03. The van der Waals surface area contributed by atoms with Crippen LogP contribution in [0.4, 0.5) is 13.2 Å². The number of aromatic amines is 1. The van der Waals surface area contributed by atoms with Gasteiger partial charge < -0.3 is 10.7 Å². The predicted molar refractivity (Wildman–Crippen MR) is 56.2 cm³/mol. The standard InChI is InChI=1S/C10H8ClF3N2/c11-5-1-2-7-6(3-5)9(10(12,13)14)8(4-15)16-7/h1-3,16H,4,15H2. The maximum absolute atomic E-state index is 12.8. The third-order valence-corrected chi connectivity index (χ3v) is 2.56. The van der Waals surface area contributed by atoms with Crippen molar-refractivity contribution in [2.24, 2.45) is 5.73 Å². The second kappa shape index (κ2) is 3.68. The van der Waals surface area contributed by atoms with Crippen LogP contribution in [0.5, 0.6) is 0 Å². The van der Waals surface area contributed by atoms with Gasteiger partial charge in [-0.1, -0.05) is 11.6 Å². The molecule has 0 unspecified atom stereocenters. The lowest BCUT2D eigenvalue weighted by Gasteiger charge is -2.07. The molecule has 0 aliphatic carbocycles. The summed E-state index contributed by atoms with van der Waals surface area (Å²) in [5.74, 6) is 0. The summed E-state index contributed by atoms with van der Waals surface area (Å²) in [5, 5.41) is 0.320. The van der Waals surface area contributed by atoms with E-state index in [1.165, 1.54) is 18.2 Å². The van der Waals surface area contributed by atoms with E-state index in [0.29, 0.717) is 5.52 Å². The van der Waals surface area contributed by atoms with E-state index in [0.717, 1.165) is 0 Å². The number of benzene rings is 1. The van der Waals surface area contributed by atoms with Crippen LogP contribution in [0.25, 0.3) is 10.9 Å². The molecule has 1 heterocycles.